The van der Waals surface area contributed by atoms with E-state index in [9.17, 15) is 0 Å². The molecule has 1 aliphatic rings. The molecule has 0 N–H and O–H groups in total. The summed E-state index contributed by atoms with van der Waals surface area (Å²) in [7, 11) is 0. The molecule has 1 fully saturated rings. The first-order valence-electron chi connectivity index (χ1n) is 4.71. The van der Waals surface area contributed by atoms with Gasteiger partial charge in [0.05, 0.1) is 0 Å². The van der Waals surface area contributed by atoms with E-state index in [2.05, 4.69) is 31.7 Å². The Hall–Kier alpha value is -0.460. The molecule has 1 rings (SSSR count). The molecule has 1 aliphatic heterocycles. The van der Waals surface area contributed by atoms with E-state index < -0.39 is 0 Å². The highest BCUT2D eigenvalue weighted by Gasteiger charge is 2.17. The average Bonchev–Trinajstić information content (AvgIpc) is 2.36. The lowest BCUT2D eigenvalue weighted by Crippen LogP contribution is -2.25. The number of allylic oxidation sites excluding steroid dienone is 2. The molecule has 0 atom stereocenters. The van der Waals surface area contributed by atoms with Gasteiger partial charge in [0.15, 0.2) is 0 Å². The quantitative estimate of drug-likeness (QED) is 0.589. The molecule has 0 radical (unpaired) electrons. The van der Waals surface area contributed by atoms with Gasteiger partial charge < -0.3 is 4.90 Å². The molecule has 1 saturated heterocycles. The first-order valence-corrected chi connectivity index (χ1v) is 4.71. The second kappa shape index (κ2) is 3.80. The van der Waals surface area contributed by atoms with Gasteiger partial charge in [0.1, 0.15) is 0 Å². The summed E-state index contributed by atoms with van der Waals surface area (Å²) in [5.41, 5.74) is 1.57. The van der Waals surface area contributed by atoms with Crippen molar-refractivity contribution in [1.82, 2.24) is 4.90 Å². The Labute approximate surface area is 70.1 Å². The molecule has 0 aromatic carbocycles. The number of hydrogen-bond acceptors (Lipinski definition) is 1. The SMILES string of the molecule is CC/C=C1\CCCN1C(C)C. The summed E-state index contributed by atoms with van der Waals surface area (Å²) in [5.74, 6) is 0. The molecule has 0 aliphatic carbocycles. The molecular formula is C10H19N. The van der Waals surface area contributed by atoms with E-state index in [1.54, 1.807) is 5.70 Å². The van der Waals surface area contributed by atoms with Crippen LogP contribution >= 0.6 is 0 Å². The standard InChI is InChI=1S/C10H19N/c1-4-6-10-7-5-8-11(10)9(2)3/h6,9H,4-5,7-8H2,1-3H3/b10-6+. The van der Waals surface area contributed by atoms with E-state index in [4.69, 9.17) is 0 Å². The summed E-state index contributed by atoms with van der Waals surface area (Å²) < 4.78 is 0. The zero-order valence-corrected chi connectivity index (χ0v) is 7.93. The summed E-state index contributed by atoms with van der Waals surface area (Å²) >= 11 is 0. The molecule has 1 heteroatoms. The third kappa shape index (κ3) is 1.98. The number of likely N-dealkylation sites (tertiary alicyclic amines) is 1. The van der Waals surface area contributed by atoms with Crippen molar-refractivity contribution in [2.45, 2.75) is 46.1 Å². The molecule has 1 heterocycles. The Morgan fingerprint density at radius 3 is 2.82 bits per heavy atom. The van der Waals surface area contributed by atoms with Gasteiger partial charge in [0.2, 0.25) is 0 Å². The van der Waals surface area contributed by atoms with E-state index in [1.165, 1.54) is 25.8 Å². The molecule has 0 aromatic heterocycles. The summed E-state index contributed by atoms with van der Waals surface area (Å²) in [4.78, 5) is 2.52. The molecular weight excluding hydrogens is 134 g/mol. The van der Waals surface area contributed by atoms with Crippen molar-refractivity contribution in [3.8, 4) is 0 Å². The van der Waals surface area contributed by atoms with Crippen molar-refractivity contribution < 1.29 is 0 Å². The van der Waals surface area contributed by atoms with Gasteiger partial charge in [-0.1, -0.05) is 13.0 Å². The van der Waals surface area contributed by atoms with E-state index in [1.807, 2.05) is 0 Å². The Bertz CT molecular complexity index is 147. The van der Waals surface area contributed by atoms with Crippen molar-refractivity contribution in [2.24, 2.45) is 0 Å². The van der Waals surface area contributed by atoms with Gasteiger partial charge in [-0.3, -0.25) is 0 Å². The Kier molecular flexibility index (Phi) is 2.98. The lowest BCUT2D eigenvalue weighted by atomic mass is 10.2. The Morgan fingerprint density at radius 1 is 1.55 bits per heavy atom. The van der Waals surface area contributed by atoms with Crippen LogP contribution in [0.1, 0.15) is 40.0 Å². The van der Waals surface area contributed by atoms with Crippen LogP contribution in [0.15, 0.2) is 11.8 Å². The first kappa shape index (κ1) is 8.63. The minimum absolute atomic E-state index is 0.690. The maximum atomic E-state index is 2.52. The van der Waals surface area contributed by atoms with Crippen molar-refractivity contribution >= 4 is 0 Å². The highest BCUT2D eigenvalue weighted by Crippen LogP contribution is 2.23. The Balaban J connectivity index is 2.58. The average molecular weight is 153 g/mol. The topological polar surface area (TPSA) is 3.24 Å². The van der Waals surface area contributed by atoms with Crippen LogP contribution in [0.4, 0.5) is 0 Å². The normalized spacial score (nSPS) is 22.2. The van der Waals surface area contributed by atoms with Gasteiger partial charge in [-0.25, -0.2) is 0 Å². The van der Waals surface area contributed by atoms with Crippen molar-refractivity contribution in [2.75, 3.05) is 6.54 Å². The molecule has 0 aromatic rings. The van der Waals surface area contributed by atoms with Crippen LogP contribution in [0.25, 0.3) is 0 Å². The molecule has 1 nitrogen and oxygen atoms in total. The van der Waals surface area contributed by atoms with Crippen LogP contribution in [0.5, 0.6) is 0 Å². The van der Waals surface area contributed by atoms with E-state index >= 15 is 0 Å². The maximum absolute atomic E-state index is 2.52. The first-order chi connectivity index (χ1) is 5.25. The van der Waals surface area contributed by atoms with E-state index in [-0.39, 0.29) is 0 Å². The molecule has 0 amide bonds. The third-order valence-corrected chi connectivity index (χ3v) is 2.26. The predicted octanol–water partition coefficient (Wildman–Crippen LogP) is 2.78. The van der Waals surface area contributed by atoms with Crippen LogP contribution in [0, 0.1) is 0 Å². The summed E-state index contributed by atoms with van der Waals surface area (Å²) in [6.45, 7) is 8.02. The fourth-order valence-electron chi connectivity index (χ4n) is 1.76. The van der Waals surface area contributed by atoms with E-state index in [0.29, 0.717) is 6.04 Å². The predicted molar refractivity (Wildman–Crippen MR) is 49.5 cm³/mol. The monoisotopic (exact) mass is 153 g/mol. The van der Waals surface area contributed by atoms with Gasteiger partial charge in [0, 0.05) is 18.3 Å². The zero-order valence-electron chi connectivity index (χ0n) is 7.93. The van der Waals surface area contributed by atoms with Crippen LogP contribution in [-0.2, 0) is 0 Å². The summed E-state index contributed by atoms with van der Waals surface area (Å²) in [6, 6.07) is 0.690. The number of rotatable bonds is 2. The van der Waals surface area contributed by atoms with Gasteiger partial charge in [0.25, 0.3) is 0 Å². The Morgan fingerprint density at radius 2 is 2.27 bits per heavy atom. The van der Waals surface area contributed by atoms with Crippen LogP contribution in [-0.4, -0.2) is 17.5 Å². The lowest BCUT2D eigenvalue weighted by Gasteiger charge is -2.24. The van der Waals surface area contributed by atoms with Crippen molar-refractivity contribution in [1.29, 1.82) is 0 Å². The molecule has 0 unspecified atom stereocenters. The zero-order chi connectivity index (χ0) is 8.27. The third-order valence-electron chi connectivity index (χ3n) is 2.26. The van der Waals surface area contributed by atoms with Crippen LogP contribution in [0.3, 0.4) is 0 Å². The second-order valence-electron chi connectivity index (χ2n) is 3.49. The van der Waals surface area contributed by atoms with Gasteiger partial charge in [-0.15, -0.1) is 0 Å². The molecule has 0 saturated carbocycles. The van der Waals surface area contributed by atoms with Gasteiger partial charge >= 0.3 is 0 Å². The highest BCUT2D eigenvalue weighted by atomic mass is 15.2. The largest absolute Gasteiger partial charge is 0.373 e. The second-order valence-corrected chi connectivity index (χ2v) is 3.49. The van der Waals surface area contributed by atoms with Gasteiger partial charge in [-0.2, -0.15) is 0 Å². The van der Waals surface area contributed by atoms with Crippen LogP contribution < -0.4 is 0 Å². The molecule has 64 valence electrons. The van der Waals surface area contributed by atoms with Gasteiger partial charge in [-0.05, 0) is 33.1 Å². The fourth-order valence-corrected chi connectivity index (χ4v) is 1.76. The minimum atomic E-state index is 0.690. The highest BCUT2D eigenvalue weighted by molar-refractivity contribution is 5.06. The molecule has 11 heavy (non-hydrogen) atoms. The van der Waals surface area contributed by atoms with Crippen LogP contribution in [0.2, 0.25) is 0 Å². The van der Waals surface area contributed by atoms with Crippen molar-refractivity contribution in [3.05, 3.63) is 11.8 Å². The minimum Gasteiger partial charge on any atom is -0.373 e. The number of nitrogens with zero attached hydrogens (tertiary/aromatic N) is 1. The van der Waals surface area contributed by atoms with E-state index in [0.717, 1.165) is 0 Å². The number of hydrogen-bond donors (Lipinski definition) is 0. The maximum Gasteiger partial charge on any atom is 0.0230 e. The summed E-state index contributed by atoms with van der Waals surface area (Å²) in [5, 5.41) is 0. The molecule has 0 bridgehead atoms. The van der Waals surface area contributed by atoms with Crippen molar-refractivity contribution in [3.63, 3.8) is 0 Å². The lowest BCUT2D eigenvalue weighted by molar-refractivity contribution is 0.322. The summed E-state index contributed by atoms with van der Waals surface area (Å²) in [6.07, 6.45) is 6.20. The molecule has 0 spiro atoms. The smallest absolute Gasteiger partial charge is 0.0230 e. The fraction of sp³-hybridized carbons (Fsp3) is 0.800.